The van der Waals surface area contributed by atoms with E-state index in [-0.39, 0.29) is 0 Å². The van der Waals surface area contributed by atoms with E-state index in [1.807, 2.05) is 12.2 Å². The largest absolute Gasteiger partial charge is 0.469 e. The van der Waals surface area contributed by atoms with Crippen LogP contribution in [0.2, 0.25) is 19.6 Å². The molecule has 0 radical (unpaired) electrons. The monoisotopic (exact) mass is 184 g/mol. The second-order valence-electron chi connectivity index (χ2n) is 3.76. The molecule has 3 heteroatoms. The fourth-order valence-corrected chi connectivity index (χ4v) is 1.23. The quantitative estimate of drug-likeness (QED) is 0.494. The molecule has 0 aliphatic heterocycles. The molecular formula is C9H16O2Si. The van der Waals surface area contributed by atoms with E-state index in [1.54, 1.807) is 0 Å². The first-order chi connectivity index (χ1) is 5.58. The first kappa shape index (κ1) is 9.54. The van der Waals surface area contributed by atoms with E-state index in [4.69, 9.17) is 9.16 Å². The summed E-state index contributed by atoms with van der Waals surface area (Å²) in [7, 11) is -1.41. The molecule has 12 heavy (non-hydrogen) atoms. The van der Waals surface area contributed by atoms with Gasteiger partial charge in [0.1, 0.15) is 5.76 Å². The number of hydrogen-bond donors (Lipinski definition) is 0. The van der Waals surface area contributed by atoms with Crippen LogP contribution in [0.3, 0.4) is 0 Å². The minimum Gasteiger partial charge on any atom is -0.469 e. The Labute approximate surface area is 75.0 Å². The zero-order valence-electron chi connectivity index (χ0n) is 7.96. The van der Waals surface area contributed by atoms with Gasteiger partial charge in [0.25, 0.3) is 0 Å². The van der Waals surface area contributed by atoms with E-state index in [2.05, 4.69) is 25.7 Å². The smallest absolute Gasteiger partial charge is 0.188 e. The summed E-state index contributed by atoms with van der Waals surface area (Å²) < 4.78 is 10.9. The van der Waals surface area contributed by atoms with E-state index in [9.17, 15) is 0 Å². The number of hydrogen-bond acceptors (Lipinski definition) is 2. The van der Waals surface area contributed by atoms with Gasteiger partial charge in [-0.05, 0) is 38.2 Å². The maximum absolute atomic E-state index is 5.53. The van der Waals surface area contributed by atoms with E-state index < -0.39 is 8.32 Å². The predicted molar refractivity (Wildman–Crippen MR) is 52.2 cm³/mol. The van der Waals surface area contributed by atoms with Gasteiger partial charge in [-0.1, -0.05) is 6.08 Å². The standard InChI is InChI=1S/C9H16O2Si/c1-12(2,3)11-8-10-9-6-4-5-7-9/h4,6-7H,5,8H2,1-3H3. The summed E-state index contributed by atoms with van der Waals surface area (Å²) in [4.78, 5) is 0. The molecule has 1 aliphatic rings. The molecule has 0 unspecified atom stereocenters. The molecule has 0 atom stereocenters. The van der Waals surface area contributed by atoms with Gasteiger partial charge in [-0.25, -0.2) is 0 Å². The lowest BCUT2D eigenvalue weighted by atomic mass is 10.5. The first-order valence-corrected chi connectivity index (χ1v) is 7.62. The second-order valence-corrected chi connectivity index (χ2v) is 8.28. The van der Waals surface area contributed by atoms with Gasteiger partial charge in [0.15, 0.2) is 15.1 Å². The molecule has 0 N–H and O–H groups in total. The fourth-order valence-electron chi connectivity index (χ4n) is 0.818. The van der Waals surface area contributed by atoms with Gasteiger partial charge in [0, 0.05) is 0 Å². The maximum Gasteiger partial charge on any atom is 0.188 e. The normalized spacial score (nSPS) is 16.4. The number of allylic oxidation sites excluding steroid dienone is 3. The van der Waals surface area contributed by atoms with Crippen molar-refractivity contribution in [2.45, 2.75) is 26.1 Å². The van der Waals surface area contributed by atoms with Crippen molar-refractivity contribution in [3.05, 3.63) is 24.0 Å². The highest BCUT2D eigenvalue weighted by atomic mass is 28.4. The van der Waals surface area contributed by atoms with Crippen molar-refractivity contribution in [1.29, 1.82) is 0 Å². The van der Waals surface area contributed by atoms with Crippen molar-refractivity contribution in [3.63, 3.8) is 0 Å². The summed E-state index contributed by atoms with van der Waals surface area (Å²) in [5.41, 5.74) is 0. The third-order valence-electron chi connectivity index (χ3n) is 1.45. The van der Waals surface area contributed by atoms with Crippen LogP contribution in [0.4, 0.5) is 0 Å². The van der Waals surface area contributed by atoms with Crippen molar-refractivity contribution >= 4 is 8.32 Å². The third-order valence-corrected chi connectivity index (χ3v) is 2.44. The molecule has 0 fully saturated rings. The second kappa shape index (κ2) is 3.91. The molecule has 68 valence electrons. The van der Waals surface area contributed by atoms with E-state index >= 15 is 0 Å². The van der Waals surface area contributed by atoms with Crippen LogP contribution in [0.25, 0.3) is 0 Å². The SMILES string of the molecule is C[Si](C)(C)OCOC1=CCC=C1. The minimum absolute atomic E-state index is 0.395. The molecule has 0 aromatic heterocycles. The van der Waals surface area contributed by atoms with Crippen LogP contribution in [0, 0.1) is 0 Å². The lowest BCUT2D eigenvalue weighted by molar-refractivity contribution is 0.0619. The summed E-state index contributed by atoms with van der Waals surface area (Å²) in [6, 6.07) is 0. The molecule has 1 aliphatic carbocycles. The van der Waals surface area contributed by atoms with Crippen LogP contribution in [0.1, 0.15) is 6.42 Å². The molecule has 0 bridgehead atoms. The van der Waals surface area contributed by atoms with Crippen LogP contribution < -0.4 is 0 Å². The maximum atomic E-state index is 5.53. The molecule has 2 nitrogen and oxygen atoms in total. The highest BCUT2D eigenvalue weighted by Crippen LogP contribution is 2.11. The Morgan fingerprint density at radius 1 is 1.42 bits per heavy atom. The zero-order chi connectivity index (χ0) is 9.03. The van der Waals surface area contributed by atoms with Crippen LogP contribution in [-0.2, 0) is 9.16 Å². The molecule has 0 saturated heterocycles. The Kier molecular flexibility index (Phi) is 3.11. The van der Waals surface area contributed by atoms with Gasteiger partial charge in [-0.3, -0.25) is 0 Å². The van der Waals surface area contributed by atoms with Gasteiger partial charge in [-0.15, -0.1) is 0 Å². The topological polar surface area (TPSA) is 18.5 Å². The van der Waals surface area contributed by atoms with Gasteiger partial charge < -0.3 is 9.16 Å². The molecule has 0 spiro atoms. The Morgan fingerprint density at radius 2 is 2.17 bits per heavy atom. The number of ether oxygens (including phenoxy) is 1. The Morgan fingerprint density at radius 3 is 2.67 bits per heavy atom. The summed E-state index contributed by atoms with van der Waals surface area (Å²) >= 11 is 0. The molecule has 0 amide bonds. The van der Waals surface area contributed by atoms with Gasteiger partial charge in [0.2, 0.25) is 0 Å². The van der Waals surface area contributed by atoms with Crippen molar-refractivity contribution in [2.75, 3.05) is 6.79 Å². The lowest BCUT2D eigenvalue weighted by Gasteiger charge is -2.17. The van der Waals surface area contributed by atoms with Gasteiger partial charge in [0.05, 0.1) is 0 Å². The van der Waals surface area contributed by atoms with Crippen molar-refractivity contribution in [1.82, 2.24) is 0 Å². The van der Waals surface area contributed by atoms with E-state index in [1.165, 1.54) is 0 Å². The minimum atomic E-state index is -1.41. The average molecular weight is 184 g/mol. The average Bonchev–Trinajstić information content (AvgIpc) is 2.36. The van der Waals surface area contributed by atoms with Crippen molar-refractivity contribution in [3.8, 4) is 0 Å². The Bertz CT molecular complexity index is 201. The Hall–Kier alpha value is -0.543. The molecule has 1 rings (SSSR count). The van der Waals surface area contributed by atoms with Gasteiger partial charge in [-0.2, -0.15) is 0 Å². The van der Waals surface area contributed by atoms with Crippen LogP contribution in [-0.4, -0.2) is 15.1 Å². The lowest BCUT2D eigenvalue weighted by Crippen LogP contribution is -2.26. The van der Waals surface area contributed by atoms with Crippen LogP contribution >= 0.6 is 0 Å². The summed E-state index contributed by atoms with van der Waals surface area (Å²) in [5, 5.41) is 0. The fraction of sp³-hybridized carbons (Fsp3) is 0.556. The molecular weight excluding hydrogens is 168 g/mol. The Balaban J connectivity index is 2.14. The van der Waals surface area contributed by atoms with E-state index in [0.29, 0.717) is 6.79 Å². The number of rotatable bonds is 4. The van der Waals surface area contributed by atoms with E-state index in [0.717, 1.165) is 12.2 Å². The summed E-state index contributed by atoms with van der Waals surface area (Å²) in [6.45, 7) is 6.84. The van der Waals surface area contributed by atoms with Crippen LogP contribution in [0.5, 0.6) is 0 Å². The van der Waals surface area contributed by atoms with Crippen molar-refractivity contribution < 1.29 is 9.16 Å². The molecule has 0 saturated carbocycles. The molecule has 0 aromatic rings. The summed E-state index contributed by atoms with van der Waals surface area (Å²) in [5.74, 6) is 0.938. The molecule has 0 heterocycles. The zero-order valence-corrected chi connectivity index (χ0v) is 8.96. The third kappa shape index (κ3) is 3.73. The highest BCUT2D eigenvalue weighted by molar-refractivity contribution is 6.69. The highest BCUT2D eigenvalue weighted by Gasteiger charge is 2.14. The van der Waals surface area contributed by atoms with Crippen LogP contribution in [0.15, 0.2) is 24.0 Å². The summed E-state index contributed by atoms with van der Waals surface area (Å²) in [6.07, 6.45) is 7.09. The predicted octanol–water partition coefficient (Wildman–Crippen LogP) is 2.66. The van der Waals surface area contributed by atoms with Gasteiger partial charge >= 0.3 is 0 Å². The molecule has 0 aromatic carbocycles. The first-order valence-electron chi connectivity index (χ1n) is 4.21. The van der Waals surface area contributed by atoms with Crippen molar-refractivity contribution in [2.24, 2.45) is 0 Å².